The van der Waals surface area contributed by atoms with Crippen LogP contribution in [0.1, 0.15) is 39.5 Å². The minimum absolute atomic E-state index is 0.668. The van der Waals surface area contributed by atoms with Gasteiger partial charge in [-0.1, -0.05) is 19.8 Å². The molecule has 0 aliphatic heterocycles. The first-order chi connectivity index (χ1) is 9.76. The van der Waals surface area contributed by atoms with E-state index in [1.54, 1.807) is 0 Å². The van der Waals surface area contributed by atoms with Crippen molar-refractivity contribution in [2.75, 3.05) is 11.9 Å². The second-order valence-electron chi connectivity index (χ2n) is 5.53. The Kier molecular flexibility index (Phi) is 4.10. The van der Waals surface area contributed by atoms with Crippen LogP contribution in [0.4, 0.5) is 5.95 Å². The van der Waals surface area contributed by atoms with E-state index in [1.807, 2.05) is 18.0 Å². The molecule has 2 aromatic heterocycles. The quantitative estimate of drug-likeness (QED) is 0.845. The van der Waals surface area contributed by atoms with E-state index < -0.39 is 0 Å². The van der Waals surface area contributed by atoms with Gasteiger partial charge in [0, 0.05) is 11.8 Å². The third kappa shape index (κ3) is 2.90. The minimum Gasteiger partial charge on any atom is -0.354 e. The predicted octanol–water partition coefficient (Wildman–Crippen LogP) is 3.46. The maximum absolute atomic E-state index is 4.66. The van der Waals surface area contributed by atoms with Gasteiger partial charge in [0.1, 0.15) is 5.03 Å². The second-order valence-corrected chi connectivity index (χ2v) is 6.82. The van der Waals surface area contributed by atoms with Gasteiger partial charge in [0.25, 0.3) is 0 Å². The Bertz CT molecular complexity index is 582. The monoisotopic (exact) mass is 291 g/mol. The molecule has 1 fully saturated rings. The molecule has 1 aliphatic carbocycles. The van der Waals surface area contributed by atoms with E-state index in [4.69, 9.17) is 0 Å². The number of nitrogens with one attached hydrogen (secondary N) is 2. The molecule has 0 saturated heterocycles. The van der Waals surface area contributed by atoms with Crippen molar-refractivity contribution >= 4 is 28.7 Å². The van der Waals surface area contributed by atoms with Crippen LogP contribution in [0.3, 0.4) is 0 Å². The summed E-state index contributed by atoms with van der Waals surface area (Å²) in [6.45, 7) is 5.23. The van der Waals surface area contributed by atoms with Crippen LogP contribution in [0.15, 0.2) is 11.2 Å². The molecule has 0 spiro atoms. The molecule has 0 aromatic carbocycles. The van der Waals surface area contributed by atoms with E-state index >= 15 is 0 Å². The van der Waals surface area contributed by atoms with Gasteiger partial charge in [-0.2, -0.15) is 10.1 Å². The largest absolute Gasteiger partial charge is 0.354 e. The lowest BCUT2D eigenvalue weighted by molar-refractivity contribution is 0.394. The van der Waals surface area contributed by atoms with E-state index in [9.17, 15) is 0 Å². The van der Waals surface area contributed by atoms with Crippen LogP contribution in [0.2, 0.25) is 0 Å². The highest BCUT2D eigenvalue weighted by Crippen LogP contribution is 2.37. The summed E-state index contributed by atoms with van der Waals surface area (Å²) in [4.78, 5) is 9.10. The van der Waals surface area contributed by atoms with Crippen LogP contribution < -0.4 is 5.32 Å². The number of H-pyrrole nitrogens is 1. The smallest absolute Gasteiger partial charge is 0.225 e. The average molecular weight is 291 g/mol. The standard InChI is InChI=1S/C14H21N5S/c1-3-15-14-17-12-11(8-16-19-12)13(18-14)20-10-6-4-5-9(2)7-10/h8-10H,3-7H2,1-2H3,(H2,15,16,17,18,19). The normalized spacial score (nSPS) is 23.1. The molecule has 5 nitrogen and oxygen atoms in total. The average Bonchev–Trinajstić information content (AvgIpc) is 2.87. The summed E-state index contributed by atoms with van der Waals surface area (Å²) < 4.78 is 0. The fraction of sp³-hybridized carbons (Fsp3) is 0.643. The minimum atomic E-state index is 0.668. The lowest BCUT2D eigenvalue weighted by Gasteiger charge is -2.25. The molecule has 1 saturated carbocycles. The van der Waals surface area contributed by atoms with Crippen molar-refractivity contribution in [1.82, 2.24) is 20.2 Å². The second kappa shape index (κ2) is 5.99. The topological polar surface area (TPSA) is 66.5 Å². The lowest BCUT2D eigenvalue weighted by Crippen LogP contribution is -2.15. The highest BCUT2D eigenvalue weighted by atomic mass is 32.2. The van der Waals surface area contributed by atoms with Crippen molar-refractivity contribution in [2.45, 2.75) is 49.8 Å². The molecule has 3 rings (SSSR count). The number of thioether (sulfide) groups is 1. The molecule has 0 radical (unpaired) electrons. The number of rotatable bonds is 4. The van der Waals surface area contributed by atoms with Crippen LogP contribution in [-0.2, 0) is 0 Å². The molecule has 2 unspecified atom stereocenters. The summed E-state index contributed by atoms with van der Waals surface area (Å²) in [6.07, 6.45) is 7.10. The summed E-state index contributed by atoms with van der Waals surface area (Å²) in [5.41, 5.74) is 0.822. The highest BCUT2D eigenvalue weighted by Gasteiger charge is 2.22. The van der Waals surface area contributed by atoms with Gasteiger partial charge in [-0.3, -0.25) is 5.10 Å². The molecule has 2 atom stereocenters. The Balaban J connectivity index is 1.86. The van der Waals surface area contributed by atoms with Crippen LogP contribution in [0.25, 0.3) is 11.0 Å². The van der Waals surface area contributed by atoms with E-state index in [0.29, 0.717) is 11.2 Å². The summed E-state index contributed by atoms with van der Waals surface area (Å²) in [7, 11) is 0. The first-order valence-electron chi connectivity index (χ1n) is 7.38. The zero-order chi connectivity index (χ0) is 13.9. The molecular formula is C14H21N5S. The summed E-state index contributed by atoms with van der Waals surface area (Å²) >= 11 is 1.89. The molecule has 0 bridgehead atoms. The zero-order valence-corrected chi connectivity index (χ0v) is 12.8. The number of aromatic nitrogens is 4. The number of hydrogen-bond donors (Lipinski definition) is 2. The molecule has 20 heavy (non-hydrogen) atoms. The maximum Gasteiger partial charge on any atom is 0.225 e. The van der Waals surface area contributed by atoms with Crippen molar-refractivity contribution < 1.29 is 0 Å². The van der Waals surface area contributed by atoms with Gasteiger partial charge >= 0.3 is 0 Å². The van der Waals surface area contributed by atoms with Crippen LogP contribution in [0.5, 0.6) is 0 Å². The molecule has 2 N–H and O–H groups in total. The van der Waals surface area contributed by atoms with Crippen molar-refractivity contribution in [2.24, 2.45) is 5.92 Å². The fourth-order valence-corrected chi connectivity index (χ4v) is 4.22. The molecule has 2 heterocycles. The Morgan fingerprint density at radius 3 is 3.10 bits per heavy atom. The van der Waals surface area contributed by atoms with Crippen LogP contribution in [-0.4, -0.2) is 32.0 Å². The lowest BCUT2D eigenvalue weighted by atomic mass is 9.91. The number of hydrogen-bond acceptors (Lipinski definition) is 5. The summed E-state index contributed by atoms with van der Waals surface area (Å²) in [5.74, 6) is 1.52. The van der Waals surface area contributed by atoms with Crippen molar-refractivity contribution in [3.8, 4) is 0 Å². The Morgan fingerprint density at radius 1 is 1.40 bits per heavy atom. The van der Waals surface area contributed by atoms with E-state index in [-0.39, 0.29) is 0 Å². The molecular weight excluding hydrogens is 270 g/mol. The molecule has 0 amide bonds. The zero-order valence-electron chi connectivity index (χ0n) is 12.0. The third-order valence-corrected chi connectivity index (χ3v) is 5.07. The molecule has 2 aromatic rings. The van der Waals surface area contributed by atoms with Crippen LogP contribution in [0, 0.1) is 5.92 Å². The van der Waals surface area contributed by atoms with Gasteiger partial charge < -0.3 is 5.32 Å². The van der Waals surface area contributed by atoms with Gasteiger partial charge in [0.2, 0.25) is 5.95 Å². The molecule has 6 heteroatoms. The predicted molar refractivity (Wildman–Crippen MR) is 83.1 cm³/mol. The SMILES string of the molecule is CCNc1nc(SC2CCCC(C)C2)c2cn[nH]c2n1. The Hall–Kier alpha value is -1.30. The number of anilines is 1. The van der Waals surface area contributed by atoms with E-state index in [0.717, 1.165) is 28.5 Å². The Morgan fingerprint density at radius 2 is 2.30 bits per heavy atom. The summed E-state index contributed by atoms with van der Waals surface area (Å²) in [5, 5.41) is 13.0. The van der Waals surface area contributed by atoms with Gasteiger partial charge in [-0.05, 0) is 25.7 Å². The van der Waals surface area contributed by atoms with Gasteiger partial charge in [0.15, 0.2) is 5.65 Å². The van der Waals surface area contributed by atoms with Crippen molar-refractivity contribution in [3.63, 3.8) is 0 Å². The van der Waals surface area contributed by atoms with Crippen LogP contribution >= 0.6 is 11.8 Å². The molecule has 108 valence electrons. The number of aromatic amines is 1. The number of fused-ring (bicyclic) bond motifs is 1. The van der Waals surface area contributed by atoms with Gasteiger partial charge in [-0.25, -0.2) is 4.98 Å². The number of nitrogens with zero attached hydrogens (tertiary/aromatic N) is 3. The van der Waals surface area contributed by atoms with E-state index in [2.05, 4.69) is 39.3 Å². The first-order valence-corrected chi connectivity index (χ1v) is 8.26. The summed E-state index contributed by atoms with van der Waals surface area (Å²) in [6, 6.07) is 0. The maximum atomic E-state index is 4.66. The van der Waals surface area contributed by atoms with E-state index in [1.165, 1.54) is 25.7 Å². The fourth-order valence-electron chi connectivity index (χ4n) is 2.78. The van der Waals surface area contributed by atoms with Crippen molar-refractivity contribution in [3.05, 3.63) is 6.20 Å². The third-order valence-electron chi connectivity index (χ3n) is 3.78. The first kappa shape index (κ1) is 13.7. The molecule has 1 aliphatic rings. The van der Waals surface area contributed by atoms with Gasteiger partial charge in [-0.15, -0.1) is 11.8 Å². The van der Waals surface area contributed by atoms with Gasteiger partial charge in [0.05, 0.1) is 11.6 Å². The highest BCUT2D eigenvalue weighted by molar-refractivity contribution is 8.00. The Labute approximate surface area is 123 Å². The van der Waals surface area contributed by atoms with Crippen molar-refractivity contribution in [1.29, 1.82) is 0 Å².